The minimum Gasteiger partial charge on any atom is -0.481 e. The van der Waals surface area contributed by atoms with E-state index in [4.69, 9.17) is 5.11 Å². The number of carbonyl (C=O) groups is 1. The van der Waals surface area contributed by atoms with Crippen molar-refractivity contribution in [2.24, 2.45) is 0 Å². The number of carboxylic acid groups (broad SMARTS) is 1. The zero-order chi connectivity index (χ0) is 15.4. The standard InChI is InChI=1S/C16H15FINO2/c1-10(16(20)21)12-4-2-11(3-5-12)9-19-15-7-6-13(17)8-14(15)18/h2-8,10,19H,9H2,1H3,(H,20,21). The molecule has 0 saturated heterocycles. The van der Waals surface area contributed by atoms with Gasteiger partial charge in [0.15, 0.2) is 0 Å². The molecular weight excluding hydrogens is 384 g/mol. The lowest BCUT2D eigenvalue weighted by molar-refractivity contribution is -0.138. The third-order valence-electron chi connectivity index (χ3n) is 3.26. The highest BCUT2D eigenvalue weighted by Crippen LogP contribution is 2.20. The van der Waals surface area contributed by atoms with Crippen molar-refractivity contribution in [2.75, 3.05) is 5.32 Å². The third-order valence-corrected chi connectivity index (χ3v) is 4.16. The van der Waals surface area contributed by atoms with Crippen LogP contribution in [0.3, 0.4) is 0 Å². The lowest BCUT2D eigenvalue weighted by Gasteiger charge is -2.10. The molecular formula is C16H15FINO2. The summed E-state index contributed by atoms with van der Waals surface area (Å²) in [5, 5.41) is 12.2. The molecule has 2 aromatic rings. The molecule has 2 aromatic carbocycles. The summed E-state index contributed by atoms with van der Waals surface area (Å²) in [5.74, 6) is -1.59. The van der Waals surface area contributed by atoms with Crippen molar-refractivity contribution in [3.63, 3.8) is 0 Å². The van der Waals surface area contributed by atoms with Crippen molar-refractivity contribution in [3.05, 3.63) is 63.0 Å². The smallest absolute Gasteiger partial charge is 0.310 e. The van der Waals surface area contributed by atoms with Crippen molar-refractivity contribution in [3.8, 4) is 0 Å². The van der Waals surface area contributed by atoms with Crippen molar-refractivity contribution in [2.45, 2.75) is 19.4 Å². The molecule has 0 amide bonds. The summed E-state index contributed by atoms with van der Waals surface area (Å²) < 4.78 is 13.8. The zero-order valence-corrected chi connectivity index (χ0v) is 13.6. The van der Waals surface area contributed by atoms with Crippen LogP contribution in [0, 0.1) is 9.39 Å². The Morgan fingerprint density at radius 1 is 1.29 bits per heavy atom. The first kappa shape index (κ1) is 15.8. The van der Waals surface area contributed by atoms with Gasteiger partial charge in [0.25, 0.3) is 0 Å². The summed E-state index contributed by atoms with van der Waals surface area (Å²) in [6.45, 7) is 2.26. The van der Waals surface area contributed by atoms with Gasteiger partial charge in [-0.25, -0.2) is 4.39 Å². The van der Waals surface area contributed by atoms with E-state index in [2.05, 4.69) is 27.9 Å². The van der Waals surface area contributed by atoms with E-state index < -0.39 is 11.9 Å². The monoisotopic (exact) mass is 399 g/mol. The number of aliphatic carboxylic acids is 1. The summed E-state index contributed by atoms with van der Waals surface area (Å²) in [6, 6.07) is 12.0. The van der Waals surface area contributed by atoms with E-state index in [-0.39, 0.29) is 5.82 Å². The molecule has 0 aliphatic heterocycles. The molecule has 0 fully saturated rings. The van der Waals surface area contributed by atoms with Gasteiger partial charge in [-0.3, -0.25) is 4.79 Å². The summed E-state index contributed by atoms with van der Waals surface area (Å²) >= 11 is 2.08. The molecule has 3 nitrogen and oxygen atoms in total. The van der Waals surface area contributed by atoms with E-state index in [1.165, 1.54) is 12.1 Å². The number of anilines is 1. The Morgan fingerprint density at radius 3 is 2.52 bits per heavy atom. The molecule has 0 heterocycles. The fourth-order valence-electron chi connectivity index (χ4n) is 1.90. The average molecular weight is 399 g/mol. The van der Waals surface area contributed by atoms with Gasteiger partial charge >= 0.3 is 5.97 Å². The van der Waals surface area contributed by atoms with Crippen LogP contribution in [0.4, 0.5) is 10.1 Å². The molecule has 0 aromatic heterocycles. The van der Waals surface area contributed by atoms with E-state index in [0.717, 1.165) is 20.4 Å². The van der Waals surface area contributed by atoms with Crippen LogP contribution >= 0.6 is 22.6 Å². The van der Waals surface area contributed by atoms with Gasteiger partial charge in [0, 0.05) is 15.8 Å². The van der Waals surface area contributed by atoms with E-state index in [9.17, 15) is 9.18 Å². The van der Waals surface area contributed by atoms with Gasteiger partial charge < -0.3 is 10.4 Å². The zero-order valence-electron chi connectivity index (χ0n) is 11.4. The maximum atomic E-state index is 13.0. The normalized spacial score (nSPS) is 12.0. The van der Waals surface area contributed by atoms with Crippen molar-refractivity contribution >= 4 is 34.2 Å². The number of halogens is 2. The Labute approximate surface area is 136 Å². The molecule has 0 spiro atoms. The van der Waals surface area contributed by atoms with Gasteiger partial charge in [-0.15, -0.1) is 0 Å². The predicted molar refractivity (Wildman–Crippen MR) is 88.9 cm³/mol. The van der Waals surface area contributed by atoms with Crippen LogP contribution in [0.2, 0.25) is 0 Å². The fourth-order valence-corrected chi connectivity index (χ4v) is 2.56. The second-order valence-electron chi connectivity index (χ2n) is 4.78. The molecule has 0 saturated carbocycles. The Balaban J connectivity index is 2.02. The maximum absolute atomic E-state index is 13.0. The van der Waals surface area contributed by atoms with Crippen LogP contribution in [0.1, 0.15) is 24.0 Å². The molecule has 2 N–H and O–H groups in total. The molecule has 1 atom stereocenters. The summed E-state index contributed by atoms with van der Waals surface area (Å²) in [5.41, 5.74) is 2.69. The minimum atomic E-state index is -0.832. The number of rotatable bonds is 5. The second-order valence-corrected chi connectivity index (χ2v) is 5.94. The van der Waals surface area contributed by atoms with Crippen LogP contribution < -0.4 is 5.32 Å². The highest BCUT2D eigenvalue weighted by Gasteiger charge is 2.12. The Bertz CT molecular complexity index is 643. The number of benzene rings is 2. The first-order chi connectivity index (χ1) is 9.97. The van der Waals surface area contributed by atoms with Gasteiger partial charge in [-0.2, -0.15) is 0 Å². The van der Waals surface area contributed by atoms with Gasteiger partial charge in [-0.05, 0) is 58.8 Å². The van der Waals surface area contributed by atoms with E-state index in [0.29, 0.717) is 6.54 Å². The van der Waals surface area contributed by atoms with Gasteiger partial charge in [0.2, 0.25) is 0 Å². The average Bonchev–Trinajstić information content (AvgIpc) is 2.46. The molecule has 5 heteroatoms. The largest absolute Gasteiger partial charge is 0.481 e. The van der Waals surface area contributed by atoms with Crippen LogP contribution in [-0.4, -0.2) is 11.1 Å². The van der Waals surface area contributed by atoms with Gasteiger partial charge in [-0.1, -0.05) is 24.3 Å². The number of hydrogen-bond donors (Lipinski definition) is 2. The second kappa shape index (κ2) is 6.89. The number of nitrogens with one attached hydrogen (secondary N) is 1. The maximum Gasteiger partial charge on any atom is 0.310 e. The minimum absolute atomic E-state index is 0.253. The topological polar surface area (TPSA) is 49.3 Å². The van der Waals surface area contributed by atoms with Crippen molar-refractivity contribution in [1.29, 1.82) is 0 Å². The van der Waals surface area contributed by atoms with E-state index in [1.54, 1.807) is 13.0 Å². The van der Waals surface area contributed by atoms with Crippen molar-refractivity contribution < 1.29 is 14.3 Å². The van der Waals surface area contributed by atoms with Crippen LogP contribution in [0.25, 0.3) is 0 Å². The molecule has 21 heavy (non-hydrogen) atoms. The number of carboxylic acids is 1. The summed E-state index contributed by atoms with van der Waals surface area (Å²) in [4.78, 5) is 10.9. The summed E-state index contributed by atoms with van der Waals surface area (Å²) in [7, 11) is 0. The molecule has 0 radical (unpaired) electrons. The summed E-state index contributed by atoms with van der Waals surface area (Å²) in [6.07, 6.45) is 0. The first-order valence-corrected chi connectivity index (χ1v) is 7.56. The Hall–Kier alpha value is -1.63. The highest BCUT2D eigenvalue weighted by atomic mass is 127. The number of hydrogen-bond acceptors (Lipinski definition) is 2. The Kier molecular flexibility index (Phi) is 5.17. The molecule has 2 rings (SSSR count). The Morgan fingerprint density at radius 2 is 1.95 bits per heavy atom. The van der Waals surface area contributed by atoms with E-state index >= 15 is 0 Å². The molecule has 110 valence electrons. The van der Waals surface area contributed by atoms with Gasteiger partial charge in [0.1, 0.15) is 5.82 Å². The van der Waals surface area contributed by atoms with E-state index in [1.807, 2.05) is 24.3 Å². The lowest BCUT2D eigenvalue weighted by atomic mass is 10.00. The molecule has 0 aliphatic carbocycles. The van der Waals surface area contributed by atoms with Crippen LogP contribution in [0.15, 0.2) is 42.5 Å². The third kappa shape index (κ3) is 4.17. The highest BCUT2D eigenvalue weighted by molar-refractivity contribution is 14.1. The molecule has 0 bridgehead atoms. The SMILES string of the molecule is CC(C(=O)O)c1ccc(CNc2ccc(F)cc2I)cc1. The lowest BCUT2D eigenvalue weighted by Crippen LogP contribution is -2.07. The molecule has 0 aliphatic rings. The van der Waals surface area contributed by atoms with Crippen LogP contribution in [-0.2, 0) is 11.3 Å². The fraction of sp³-hybridized carbons (Fsp3) is 0.188. The predicted octanol–water partition coefficient (Wildman–Crippen LogP) is 4.23. The first-order valence-electron chi connectivity index (χ1n) is 6.48. The van der Waals surface area contributed by atoms with Gasteiger partial charge in [0.05, 0.1) is 5.92 Å². The van der Waals surface area contributed by atoms with Crippen molar-refractivity contribution in [1.82, 2.24) is 0 Å². The van der Waals surface area contributed by atoms with Crippen LogP contribution in [0.5, 0.6) is 0 Å². The molecule has 1 unspecified atom stereocenters. The quantitative estimate of drug-likeness (QED) is 0.740.